The van der Waals surface area contributed by atoms with Crippen LogP contribution in [0.2, 0.25) is 0 Å². The van der Waals surface area contributed by atoms with E-state index in [-0.39, 0.29) is 11.8 Å². The monoisotopic (exact) mass is 261 g/mol. The van der Waals surface area contributed by atoms with Gasteiger partial charge in [0, 0.05) is 13.0 Å². The highest BCUT2D eigenvalue weighted by molar-refractivity contribution is 5.79. The molecular formula is C16H23NO2. The van der Waals surface area contributed by atoms with Crippen molar-refractivity contribution in [2.75, 3.05) is 14.2 Å². The summed E-state index contributed by atoms with van der Waals surface area (Å²) in [5.41, 5.74) is 3.88. The van der Waals surface area contributed by atoms with Gasteiger partial charge in [-0.05, 0) is 43.7 Å². The van der Waals surface area contributed by atoms with Gasteiger partial charge in [0.25, 0.3) is 0 Å². The Labute approximate surface area is 115 Å². The van der Waals surface area contributed by atoms with Gasteiger partial charge < -0.3 is 0 Å². The van der Waals surface area contributed by atoms with Gasteiger partial charge in [-0.25, -0.2) is 5.06 Å². The number of hydrogen-bond acceptors (Lipinski definition) is 2. The highest BCUT2D eigenvalue weighted by Gasteiger charge is 2.36. The summed E-state index contributed by atoms with van der Waals surface area (Å²) < 4.78 is 0. The van der Waals surface area contributed by atoms with Crippen LogP contribution in [0, 0.1) is 19.8 Å². The molecule has 3 nitrogen and oxygen atoms in total. The van der Waals surface area contributed by atoms with Crippen LogP contribution in [0.4, 0.5) is 0 Å². The van der Waals surface area contributed by atoms with Gasteiger partial charge in [0.2, 0.25) is 5.91 Å². The Morgan fingerprint density at radius 3 is 2.74 bits per heavy atom. The lowest BCUT2D eigenvalue weighted by molar-refractivity contribution is -0.173. The molecule has 1 aliphatic rings. The summed E-state index contributed by atoms with van der Waals surface area (Å²) in [7, 11) is 3.24. The fourth-order valence-electron chi connectivity index (χ4n) is 3.11. The van der Waals surface area contributed by atoms with E-state index in [0.717, 1.165) is 19.3 Å². The molecule has 1 aromatic rings. The predicted octanol–water partition coefficient (Wildman–Crippen LogP) is 3.21. The Morgan fingerprint density at radius 2 is 2.05 bits per heavy atom. The van der Waals surface area contributed by atoms with Crippen LogP contribution in [-0.4, -0.2) is 25.1 Å². The van der Waals surface area contributed by atoms with E-state index in [1.165, 1.54) is 21.8 Å². The van der Waals surface area contributed by atoms with Crippen LogP contribution in [0.5, 0.6) is 0 Å². The molecule has 104 valence electrons. The number of hydroxylamine groups is 2. The first-order valence-electron chi connectivity index (χ1n) is 6.93. The zero-order valence-electron chi connectivity index (χ0n) is 12.3. The maximum Gasteiger partial charge on any atom is 0.249 e. The Kier molecular flexibility index (Phi) is 4.25. The highest BCUT2D eigenvalue weighted by atomic mass is 16.7. The highest BCUT2D eigenvalue weighted by Crippen LogP contribution is 2.41. The number of nitrogens with zero attached hydrogens (tertiary/aromatic N) is 1. The van der Waals surface area contributed by atoms with Crippen LogP contribution < -0.4 is 0 Å². The zero-order valence-corrected chi connectivity index (χ0v) is 12.3. The van der Waals surface area contributed by atoms with Gasteiger partial charge in [0.05, 0.1) is 7.11 Å². The molecule has 0 radical (unpaired) electrons. The van der Waals surface area contributed by atoms with Crippen molar-refractivity contribution in [3.63, 3.8) is 0 Å². The van der Waals surface area contributed by atoms with E-state index in [9.17, 15) is 4.79 Å². The number of carbonyl (C=O) groups excluding carboxylic acids is 1. The van der Waals surface area contributed by atoms with Crippen LogP contribution in [-0.2, 0) is 9.63 Å². The summed E-state index contributed by atoms with van der Waals surface area (Å²) in [5, 5.41) is 1.37. The molecule has 0 bridgehead atoms. The van der Waals surface area contributed by atoms with Crippen LogP contribution >= 0.6 is 0 Å². The molecule has 0 aromatic heterocycles. The molecule has 0 heterocycles. The van der Waals surface area contributed by atoms with E-state index in [1.807, 2.05) is 0 Å². The van der Waals surface area contributed by atoms with E-state index in [2.05, 4.69) is 32.0 Å². The maximum absolute atomic E-state index is 12.4. The number of aryl methyl sites for hydroxylation is 2. The molecule has 2 atom stereocenters. The van der Waals surface area contributed by atoms with Crippen LogP contribution in [0.1, 0.15) is 41.9 Å². The van der Waals surface area contributed by atoms with Crippen molar-refractivity contribution in [2.45, 2.75) is 39.0 Å². The number of rotatable bonds is 3. The Bertz CT molecular complexity index is 470. The van der Waals surface area contributed by atoms with Crippen molar-refractivity contribution in [2.24, 2.45) is 5.92 Å². The second-order valence-corrected chi connectivity index (χ2v) is 5.52. The SMILES string of the molecule is CON(C)C(=O)[C@H]1CCC[C@H]1c1cc(C)ccc1C. The van der Waals surface area contributed by atoms with E-state index in [0.29, 0.717) is 5.92 Å². The molecule has 0 saturated heterocycles. The van der Waals surface area contributed by atoms with Gasteiger partial charge >= 0.3 is 0 Å². The minimum absolute atomic E-state index is 0.0606. The summed E-state index contributed by atoms with van der Waals surface area (Å²) in [6.07, 6.45) is 3.18. The number of amides is 1. The van der Waals surface area contributed by atoms with Gasteiger partial charge in [0.1, 0.15) is 0 Å². The van der Waals surface area contributed by atoms with Crippen LogP contribution in [0.15, 0.2) is 18.2 Å². The molecule has 0 unspecified atom stereocenters. The van der Waals surface area contributed by atoms with Crippen molar-refractivity contribution in [1.29, 1.82) is 0 Å². The average Bonchev–Trinajstić information content (AvgIpc) is 2.88. The smallest absolute Gasteiger partial charge is 0.249 e. The van der Waals surface area contributed by atoms with Crippen molar-refractivity contribution >= 4 is 5.91 Å². The summed E-state index contributed by atoms with van der Waals surface area (Å²) >= 11 is 0. The first kappa shape index (κ1) is 14.1. The zero-order chi connectivity index (χ0) is 14.0. The first-order valence-corrected chi connectivity index (χ1v) is 6.93. The molecule has 19 heavy (non-hydrogen) atoms. The molecule has 0 N–H and O–H groups in total. The lowest BCUT2D eigenvalue weighted by Gasteiger charge is -2.25. The molecule has 1 aromatic carbocycles. The van der Waals surface area contributed by atoms with Gasteiger partial charge in [-0.3, -0.25) is 9.63 Å². The molecule has 1 fully saturated rings. The molecule has 0 spiro atoms. The molecule has 1 aliphatic carbocycles. The summed E-state index contributed by atoms with van der Waals surface area (Å²) in [4.78, 5) is 17.4. The Hall–Kier alpha value is -1.35. The minimum Gasteiger partial charge on any atom is -0.275 e. The van der Waals surface area contributed by atoms with Crippen LogP contribution in [0.3, 0.4) is 0 Å². The third-order valence-corrected chi connectivity index (χ3v) is 4.25. The fourth-order valence-corrected chi connectivity index (χ4v) is 3.11. The molecule has 2 rings (SSSR count). The van der Waals surface area contributed by atoms with Gasteiger partial charge in [-0.1, -0.05) is 30.2 Å². The quantitative estimate of drug-likeness (QED) is 0.782. The van der Waals surface area contributed by atoms with Crippen molar-refractivity contribution < 1.29 is 9.63 Å². The molecule has 1 amide bonds. The fraction of sp³-hybridized carbons (Fsp3) is 0.562. The van der Waals surface area contributed by atoms with E-state index in [1.54, 1.807) is 14.2 Å². The summed E-state index contributed by atoms with van der Waals surface area (Å²) in [6.45, 7) is 4.24. The van der Waals surface area contributed by atoms with Crippen molar-refractivity contribution in [3.05, 3.63) is 34.9 Å². The summed E-state index contributed by atoms with van der Waals surface area (Å²) in [6, 6.07) is 6.52. The Morgan fingerprint density at radius 1 is 1.32 bits per heavy atom. The third-order valence-electron chi connectivity index (χ3n) is 4.25. The molecule has 1 saturated carbocycles. The van der Waals surface area contributed by atoms with Crippen molar-refractivity contribution in [3.8, 4) is 0 Å². The first-order chi connectivity index (χ1) is 9.04. The molecular weight excluding hydrogens is 238 g/mol. The molecule has 0 aliphatic heterocycles. The number of carbonyl (C=O) groups is 1. The summed E-state index contributed by atoms with van der Waals surface area (Å²) in [5.74, 6) is 0.501. The van der Waals surface area contributed by atoms with E-state index < -0.39 is 0 Å². The number of benzene rings is 1. The third kappa shape index (κ3) is 2.81. The average molecular weight is 261 g/mol. The van der Waals surface area contributed by atoms with Gasteiger partial charge in [0.15, 0.2) is 0 Å². The minimum atomic E-state index is 0.0606. The van der Waals surface area contributed by atoms with E-state index >= 15 is 0 Å². The largest absolute Gasteiger partial charge is 0.275 e. The number of hydrogen-bond donors (Lipinski definition) is 0. The molecule has 3 heteroatoms. The topological polar surface area (TPSA) is 29.5 Å². The van der Waals surface area contributed by atoms with Gasteiger partial charge in [-0.2, -0.15) is 0 Å². The lowest BCUT2D eigenvalue weighted by atomic mass is 9.85. The maximum atomic E-state index is 12.4. The predicted molar refractivity (Wildman–Crippen MR) is 75.8 cm³/mol. The standard InChI is InChI=1S/C16H23NO2/c1-11-8-9-12(2)15(10-11)13-6-5-7-14(13)16(18)17(3)19-4/h8-10,13-14H,5-7H2,1-4H3/t13-,14+/m1/s1. The Balaban J connectivity index is 2.28. The normalized spacial score (nSPS) is 22.5. The van der Waals surface area contributed by atoms with E-state index in [4.69, 9.17) is 4.84 Å². The lowest BCUT2D eigenvalue weighted by Crippen LogP contribution is -2.33. The second-order valence-electron chi connectivity index (χ2n) is 5.52. The second kappa shape index (κ2) is 5.74. The van der Waals surface area contributed by atoms with Crippen LogP contribution in [0.25, 0.3) is 0 Å². The van der Waals surface area contributed by atoms with Gasteiger partial charge in [-0.15, -0.1) is 0 Å². The van der Waals surface area contributed by atoms with Crippen molar-refractivity contribution in [1.82, 2.24) is 5.06 Å².